The summed E-state index contributed by atoms with van der Waals surface area (Å²) in [6.45, 7) is 7.85. The van der Waals surface area contributed by atoms with Crippen LogP contribution in [0.5, 0.6) is 11.5 Å². The van der Waals surface area contributed by atoms with Crippen LogP contribution in [0.4, 0.5) is 11.4 Å². The number of hydrogen-bond donors (Lipinski definition) is 7. The van der Waals surface area contributed by atoms with E-state index in [9.17, 15) is 24.3 Å². The first-order valence-electron chi connectivity index (χ1n) is 25.0. The zero-order valence-corrected chi connectivity index (χ0v) is 40.9. The van der Waals surface area contributed by atoms with Crippen LogP contribution < -0.4 is 41.4 Å². The molecule has 71 heavy (non-hydrogen) atoms. The fourth-order valence-corrected chi connectivity index (χ4v) is 10.2. The number of amides is 4. The maximum absolute atomic E-state index is 15.2. The predicted molar refractivity (Wildman–Crippen MR) is 275 cm³/mol. The van der Waals surface area contributed by atoms with Crippen molar-refractivity contribution in [3.63, 3.8) is 0 Å². The van der Waals surface area contributed by atoms with Gasteiger partial charge in [0.1, 0.15) is 48.2 Å². The number of nitrogens with two attached hydrogens (primary N) is 2. The minimum Gasteiger partial charge on any atom is -0.487 e. The predicted octanol–water partition coefficient (Wildman–Crippen LogP) is 8.14. The second kappa shape index (κ2) is 22.7. The van der Waals surface area contributed by atoms with E-state index in [2.05, 4.69) is 27.5 Å². The number of nitrogens with zero attached hydrogens (tertiary/aromatic N) is 2. The molecular weight excluding hydrogens is 901 g/mol. The highest BCUT2D eigenvalue weighted by molar-refractivity contribution is 6.10. The Hall–Kier alpha value is -7.17. The first-order chi connectivity index (χ1) is 34.4. The number of anilines is 2. The van der Waals surface area contributed by atoms with E-state index in [1.807, 2.05) is 85.8 Å². The summed E-state index contributed by atoms with van der Waals surface area (Å²) in [7, 11) is 0. The number of aromatic nitrogens is 2. The lowest BCUT2D eigenvalue weighted by Crippen LogP contribution is -2.48. The molecule has 16 nitrogen and oxygen atoms in total. The molecular formula is C55H66N8O8. The van der Waals surface area contributed by atoms with Gasteiger partial charge in [-0.25, -0.2) is 4.79 Å². The zero-order valence-electron chi connectivity index (χ0n) is 40.9. The van der Waals surface area contributed by atoms with E-state index < -0.39 is 29.9 Å². The molecule has 0 spiro atoms. The van der Waals surface area contributed by atoms with Crippen LogP contribution in [0, 0.1) is 0 Å². The number of nitrogens with one attached hydrogen (secondary N) is 4. The number of aromatic amines is 2. The van der Waals surface area contributed by atoms with E-state index >= 15 is 4.79 Å². The normalized spacial score (nSPS) is 15.9. The SMILES string of the molecule is CCC[C@@H]1CN(C(C)=O)c2cc(OCc3ccccc3)c3[nH]c(C(=O)N[C@@H](CCCCN)C(=O)N4C[C@@H](CC)c5c4cc(OCc4ccccc4)c4[nH]c(C(=O)N[C@@H](CCCCN)C(=O)O)cc54)cc3c21. The first-order valence-corrected chi connectivity index (χ1v) is 25.0. The van der Waals surface area contributed by atoms with Crippen molar-refractivity contribution in [2.75, 3.05) is 36.0 Å². The Labute approximate surface area is 413 Å². The average Bonchev–Trinajstić information content (AvgIpc) is 4.18. The van der Waals surface area contributed by atoms with Crippen LogP contribution in [0.15, 0.2) is 84.9 Å². The molecule has 4 aromatic carbocycles. The highest BCUT2D eigenvalue weighted by atomic mass is 16.5. The summed E-state index contributed by atoms with van der Waals surface area (Å²) in [6.07, 6.45) is 5.34. The van der Waals surface area contributed by atoms with Gasteiger partial charge >= 0.3 is 5.97 Å². The number of H-pyrrole nitrogens is 2. The molecule has 4 heterocycles. The molecule has 0 fully saturated rings. The number of ether oxygens (including phenoxy) is 2. The molecule has 6 aromatic rings. The third kappa shape index (κ3) is 10.9. The summed E-state index contributed by atoms with van der Waals surface area (Å²) in [5.74, 6) is -1.76. The number of carbonyl (C=O) groups excluding carboxylic acids is 4. The number of carbonyl (C=O) groups is 5. The van der Waals surface area contributed by atoms with Crippen molar-refractivity contribution in [1.29, 1.82) is 0 Å². The Morgan fingerprint density at radius 3 is 1.63 bits per heavy atom. The molecule has 0 radical (unpaired) electrons. The number of fused-ring (bicyclic) bond motifs is 6. The Balaban J connectivity index is 1.15. The molecule has 0 bridgehead atoms. The van der Waals surface area contributed by atoms with Gasteiger partial charge in [-0.05, 0) is 98.8 Å². The van der Waals surface area contributed by atoms with Crippen LogP contribution in [-0.2, 0) is 27.6 Å². The second-order valence-electron chi connectivity index (χ2n) is 18.7. The molecule has 2 aromatic heterocycles. The highest BCUT2D eigenvalue weighted by Gasteiger charge is 2.39. The lowest BCUT2D eigenvalue weighted by atomic mass is 9.93. The summed E-state index contributed by atoms with van der Waals surface area (Å²) < 4.78 is 13.0. The Bertz CT molecular complexity index is 2880. The minimum absolute atomic E-state index is 0.0512. The summed E-state index contributed by atoms with van der Waals surface area (Å²) in [4.78, 5) is 79.0. The van der Waals surface area contributed by atoms with Crippen LogP contribution in [-0.4, -0.2) is 82.9 Å². The molecule has 0 aliphatic carbocycles. The van der Waals surface area contributed by atoms with Crippen molar-refractivity contribution < 1.29 is 38.6 Å². The molecule has 8 rings (SSSR count). The maximum atomic E-state index is 15.2. The Morgan fingerprint density at radius 2 is 1.15 bits per heavy atom. The van der Waals surface area contributed by atoms with E-state index in [1.165, 1.54) is 0 Å². The van der Waals surface area contributed by atoms with E-state index in [1.54, 1.807) is 22.8 Å². The van der Waals surface area contributed by atoms with Crippen LogP contribution in [0.25, 0.3) is 21.8 Å². The van der Waals surface area contributed by atoms with Crippen LogP contribution in [0.3, 0.4) is 0 Å². The van der Waals surface area contributed by atoms with Gasteiger partial charge in [-0.1, -0.05) is 80.9 Å². The number of carboxylic acid groups (broad SMARTS) is 1. The molecule has 4 amide bonds. The van der Waals surface area contributed by atoms with Gasteiger partial charge in [0.25, 0.3) is 11.8 Å². The lowest BCUT2D eigenvalue weighted by Gasteiger charge is -2.25. The number of unbranched alkanes of at least 4 members (excludes halogenated alkanes) is 2. The van der Waals surface area contributed by atoms with Crippen LogP contribution in [0.1, 0.15) is 134 Å². The number of aliphatic carboxylic acids is 1. The topological polar surface area (TPSA) is 238 Å². The summed E-state index contributed by atoms with van der Waals surface area (Å²) in [5, 5.41) is 17.2. The third-order valence-corrected chi connectivity index (χ3v) is 13.8. The van der Waals surface area contributed by atoms with Gasteiger partial charge in [-0.2, -0.15) is 0 Å². The standard InChI is InChI=1S/C55H66N8O8/c1-4-16-37-30-62(33(3)64)44-27-46(70-31-34-17-8-6-9-18-34)51-39(49(37)44)26-42(58-51)52(65)60-40(21-12-14-23-56)54(67)63-29-36(5-2)48-38-25-43(53(66)61-41(55(68)69)22-13-15-24-57)59-50(38)47(28-45(48)63)71-32-35-19-10-7-11-20-35/h6-11,17-20,25-28,36-37,40-41,58-59H,4-5,12-16,21-24,29-32,56-57H2,1-3H3,(H,60,65)(H,61,66)(H,68,69)/t36-,37-,40+,41+/m1/s1. The van der Waals surface area contributed by atoms with Crippen LogP contribution in [0.2, 0.25) is 0 Å². The average molecular weight is 967 g/mol. The molecule has 9 N–H and O–H groups in total. The third-order valence-electron chi connectivity index (χ3n) is 13.8. The highest BCUT2D eigenvalue weighted by Crippen LogP contribution is 2.49. The summed E-state index contributed by atoms with van der Waals surface area (Å²) in [6, 6.07) is 24.6. The smallest absolute Gasteiger partial charge is 0.326 e. The van der Waals surface area contributed by atoms with E-state index in [4.69, 9.17) is 20.9 Å². The van der Waals surface area contributed by atoms with Crippen molar-refractivity contribution in [3.8, 4) is 11.5 Å². The largest absolute Gasteiger partial charge is 0.487 e. The van der Waals surface area contributed by atoms with Gasteiger partial charge in [-0.15, -0.1) is 0 Å². The van der Waals surface area contributed by atoms with Gasteiger partial charge < -0.3 is 56.4 Å². The number of carboxylic acids is 1. The van der Waals surface area contributed by atoms with Crippen molar-refractivity contribution in [1.82, 2.24) is 20.6 Å². The van der Waals surface area contributed by atoms with Crippen molar-refractivity contribution in [2.24, 2.45) is 11.5 Å². The Morgan fingerprint density at radius 1 is 0.676 bits per heavy atom. The first kappa shape index (κ1) is 50.2. The molecule has 16 heteroatoms. The summed E-state index contributed by atoms with van der Waals surface area (Å²) >= 11 is 0. The molecule has 374 valence electrons. The van der Waals surface area contributed by atoms with E-state index in [0.717, 1.165) is 46.2 Å². The molecule has 0 saturated carbocycles. The van der Waals surface area contributed by atoms with E-state index in [0.29, 0.717) is 98.3 Å². The number of benzene rings is 4. The Kier molecular flexibility index (Phi) is 16.1. The molecule has 2 aliphatic heterocycles. The van der Waals surface area contributed by atoms with Crippen molar-refractivity contribution in [3.05, 3.63) is 119 Å². The van der Waals surface area contributed by atoms with Crippen LogP contribution >= 0.6 is 0 Å². The van der Waals surface area contributed by atoms with Gasteiger partial charge in [0.2, 0.25) is 11.8 Å². The molecule has 4 atom stereocenters. The van der Waals surface area contributed by atoms with Gasteiger partial charge in [-0.3, -0.25) is 19.2 Å². The quantitative estimate of drug-likeness (QED) is 0.0304. The monoisotopic (exact) mass is 967 g/mol. The summed E-state index contributed by atoms with van der Waals surface area (Å²) in [5.41, 5.74) is 18.3. The van der Waals surface area contributed by atoms with Gasteiger partial charge in [0, 0.05) is 54.8 Å². The van der Waals surface area contributed by atoms with Gasteiger partial charge in [0.05, 0.1) is 22.4 Å². The van der Waals surface area contributed by atoms with E-state index in [-0.39, 0.29) is 54.7 Å². The van der Waals surface area contributed by atoms with Crippen molar-refractivity contribution >= 4 is 62.8 Å². The molecule has 0 unspecified atom stereocenters. The maximum Gasteiger partial charge on any atom is 0.326 e. The second-order valence-corrected chi connectivity index (χ2v) is 18.7. The van der Waals surface area contributed by atoms with Gasteiger partial charge in [0.15, 0.2) is 0 Å². The number of rotatable bonds is 23. The fraction of sp³-hybridized carbons (Fsp3) is 0.400. The number of hydrogen-bond acceptors (Lipinski definition) is 9. The zero-order chi connectivity index (χ0) is 50.2. The fourth-order valence-electron chi connectivity index (χ4n) is 10.2. The minimum atomic E-state index is -1.14. The lowest BCUT2D eigenvalue weighted by molar-refractivity contribution is -0.139. The molecule has 2 aliphatic rings. The van der Waals surface area contributed by atoms with Crippen molar-refractivity contribution in [2.45, 2.75) is 116 Å². The molecule has 0 saturated heterocycles.